The summed E-state index contributed by atoms with van der Waals surface area (Å²) >= 11 is 0. The third-order valence-corrected chi connectivity index (χ3v) is 2.78. The van der Waals surface area contributed by atoms with Gasteiger partial charge in [-0.15, -0.1) is 0 Å². The molecule has 0 atom stereocenters. The molecular weight excluding hydrogens is 228 g/mol. The molecule has 0 aliphatic carbocycles. The fourth-order valence-electron chi connectivity index (χ4n) is 1.72. The number of rotatable bonds is 7. The Morgan fingerprint density at radius 1 is 1.00 bits per heavy atom. The zero-order valence-electron chi connectivity index (χ0n) is 12.1. The largest absolute Gasteiger partial charge is 0.357 e. The van der Waals surface area contributed by atoms with E-state index in [0.29, 0.717) is 5.95 Å². The molecule has 0 fully saturated rings. The lowest BCUT2D eigenvalue weighted by atomic mass is 10.4. The highest BCUT2D eigenvalue weighted by Gasteiger charge is 2.12. The van der Waals surface area contributed by atoms with Crippen molar-refractivity contribution in [3.8, 4) is 0 Å². The highest BCUT2D eigenvalue weighted by atomic mass is 15.3. The molecule has 0 unspecified atom stereocenters. The van der Waals surface area contributed by atoms with E-state index < -0.39 is 0 Å². The van der Waals surface area contributed by atoms with Gasteiger partial charge in [0.25, 0.3) is 0 Å². The van der Waals surface area contributed by atoms with Crippen LogP contribution in [0.15, 0.2) is 0 Å². The molecule has 102 valence electrons. The third-order valence-electron chi connectivity index (χ3n) is 2.78. The van der Waals surface area contributed by atoms with Gasteiger partial charge in [0.1, 0.15) is 0 Å². The van der Waals surface area contributed by atoms with Crippen molar-refractivity contribution >= 4 is 17.8 Å². The predicted octanol–water partition coefficient (Wildman–Crippen LogP) is 1.61. The normalized spacial score (nSPS) is 10.3. The van der Waals surface area contributed by atoms with Crippen LogP contribution in [-0.2, 0) is 0 Å². The van der Waals surface area contributed by atoms with E-state index in [2.05, 4.69) is 50.8 Å². The van der Waals surface area contributed by atoms with E-state index in [1.807, 2.05) is 14.1 Å². The van der Waals surface area contributed by atoms with Crippen LogP contribution in [-0.4, -0.2) is 48.7 Å². The first kappa shape index (κ1) is 14.5. The fourth-order valence-corrected chi connectivity index (χ4v) is 1.72. The third kappa shape index (κ3) is 3.45. The van der Waals surface area contributed by atoms with Crippen molar-refractivity contribution in [1.29, 1.82) is 0 Å². The summed E-state index contributed by atoms with van der Waals surface area (Å²) in [6.45, 7) is 9.05. The summed E-state index contributed by atoms with van der Waals surface area (Å²) in [5.41, 5.74) is 0. The maximum atomic E-state index is 4.53. The minimum atomic E-state index is 0.616. The average molecular weight is 252 g/mol. The molecule has 6 heteroatoms. The lowest BCUT2D eigenvalue weighted by Gasteiger charge is -2.22. The minimum absolute atomic E-state index is 0.616. The van der Waals surface area contributed by atoms with Crippen molar-refractivity contribution in [3.63, 3.8) is 0 Å². The summed E-state index contributed by atoms with van der Waals surface area (Å²) in [7, 11) is 3.83. The van der Waals surface area contributed by atoms with E-state index in [1.165, 1.54) is 0 Å². The van der Waals surface area contributed by atoms with Crippen molar-refractivity contribution in [2.24, 2.45) is 0 Å². The SMILES string of the molecule is CCCN(C)c1nc(NC)nc(N(CC)CC)n1. The molecule has 6 nitrogen and oxygen atoms in total. The lowest BCUT2D eigenvalue weighted by molar-refractivity contribution is 0.781. The molecule has 0 aromatic carbocycles. The number of hydrogen-bond acceptors (Lipinski definition) is 6. The van der Waals surface area contributed by atoms with Crippen LogP contribution in [0.3, 0.4) is 0 Å². The summed E-state index contributed by atoms with van der Waals surface area (Å²) in [5, 5.41) is 2.99. The van der Waals surface area contributed by atoms with Crippen molar-refractivity contribution in [1.82, 2.24) is 15.0 Å². The summed E-state index contributed by atoms with van der Waals surface area (Å²) in [6, 6.07) is 0. The van der Waals surface area contributed by atoms with E-state index in [4.69, 9.17) is 0 Å². The van der Waals surface area contributed by atoms with Gasteiger partial charge in [-0.1, -0.05) is 6.92 Å². The second-order valence-electron chi connectivity index (χ2n) is 4.10. The zero-order chi connectivity index (χ0) is 13.5. The Balaban J connectivity index is 3.08. The van der Waals surface area contributed by atoms with Gasteiger partial charge in [-0.05, 0) is 20.3 Å². The van der Waals surface area contributed by atoms with Gasteiger partial charge in [0.2, 0.25) is 17.8 Å². The molecule has 1 rings (SSSR count). The topological polar surface area (TPSA) is 57.2 Å². The van der Waals surface area contributed by atoms with Gasteiger partial charge in [0.15, 0.2) is 0 Å². The smallest absolute Gasteiger partial charge is 0.231 e. The van der Waals surface area contributed by atoms with E-state index in [-0.39, 0.29) is 0 Å². The van der Waals surface area contributed by atoms with Gasteiger partial charge in [0.05, 0.1) is 0 Å². The van der Waals surface area contributed by atoms with E-state index in [0.717, 1.165) is 38.0 Å². The van der Waals surface area contributed by atoms with Crippen LogP contribution in [0.1, 0.15) is 27.2 Å². The van der Waals surface area contributed by atoms with E-state index in [1.54, 1.807) is 0 Å². The molecule has 18 heavy (non-hydrogen) atoms. The molecule has 0 bridgehead atoms. The monoisotopic (exact) mass is 252 g/mol. The van der Waals surface area contributed by atoms with Crippen LogP contribution in [0, 0.1) is 0 Å². The van der Waals surface area contributed by atoms with Crippen LogP contribution in [0.5, 0.6) is 0 Å². The maximum Gasteiger partial charge on any atom is 0.231 e. The minimum Gasteiger partial charge on any atom is -0.357 e. The van der Waals surface area contributed by atoms with Gasteiger partial charge < -0.3 is 15.1 Å². The highest BCUT2D eigenvalue weighted by molar-refractivity contribution is 5.44. The lowest BCUT2D eigenvalue weighted by Crippen LogP contribution is -2.27. The standard InChI is InChI=1S/C12H24N6/c1-6-9-17(5)11-14-10(13-4)15-12(16-11)18(7-2)8-3/h6-9H2,1-5H3,(H,13,14,15,16). The van der Waals surface area contributed by atoms with Crippen LogP contribution in [0.4, 0.5) is 17.8 Å². The van der Waals surface area contributed by atoms with Gasteiger partial charge >= 0.3 is 0 Å². The number of anilines is 3. The Hall–Kier alpha value is -1.59. The van der Waals surface area contributed by atoms with Crippen molar-refractivity contribution in [2.75, 3.05) is 48.8 Å². The number of hydrogen-bond donors (Lipinski definition) is 1. The Kier molecular flexibility index (Phi) is 5.61. The first-order valence-electron chi connectivity index (χ1n) is 6.56. The quantitative estimate of drug-likeness (QED) is 0.795. The number of nitrogens with zero attached hydrogens (tertiary/aromatic N) is 5. The highest BCUT2D eigenvalue weighted by Crippen LogP contribution is 2.15. The summed E-state index contributed by atoms with van der Waals surface area (Å²) < 4.78 is 0. The fraction of sp³-hybridized carbons (Fsp3) is 0.750. The summed E-state index contributed by atoms with van der Waals surface area (Å²) in [4.78, 5) is 17.5. The maximum absolute atomic E-state index is 4.53. The Labute approximate surface area is 109 Å². The van der Waals surface area contributed by atoms with Crippen LogP contribution >= 0.6 is 0 Å². The van der Waals surface area contributed by atoms with Gasteiger partial charge in [-0.25, -0.2) is 0 Å². The molecule has 0 aliphatic heterocycles. The van der Waals surface area contributed by atoms with Gasteiger partial charge in [0, 0.05) is 33.7 Å². The molecule has 1 N–H and O–H groups in total. The molecular formula is C12H24N6. The molecule has 0 saturated carbocycles. The van der Waals surface area contributed by atoms with E-state index >= 15 is 0 Å². The Morgan fingerprint density at radius 2 is 1.61 bits per heavy atom. The first-order valence-corrected chi connectivity index (χ1v) is 6.56. The zero-order valence-corrected chi connectivity index (χ0v) is 12.1. The van der Waals surface area contributed by atoms with Crippen molar-refractivity contribution < 1.29 is 0 Å². The molecule has 1 aromatic heterocycles. The molecule has 0 amide bonds. The van der Waals surface area contributed by atoms with Gasteiger partial charge in [-0.2, -0.15) is 15.0 Å². The molecule has 1 aromatic rings. The first-order chi connectivity index (χ1) is 8.65. The summed E-state index contributed by atoms with van der Waals surface area (Å²) in [5.74, 6) is 2.07. The molecule has 0 spiro atoms. The predicted molar refractivity (Wildman–Crippen MR) is 76.5 cm³/mol. The molecule has 0 saturated heterocycles. The van der Waals surface area contributed by atoms with Crippen LogP contribution in [0.2, 0.25) is 0 Å². The van der Waals surface area contributed by atoms with Crippen LogP contribution < -0.4 is 15.1 Å². The van der Waals surface area contributed by atoms with E-state index in [9.17, 15) is 0 Å². The average Bonchev–Trinajstić information content (AvgIpc) is 2.40. The van der Waals surface area contributed by atoms with Gasteiger partial charge in [-0.3, -0.25) is 0 Å². The molecule has 1 heterocycles. The second kappa shape index (κ2) is 6.98. The second-order valence-corrected chi connectivity index (χ2v) is 4.10. The number of nitrogens with one attached hydrogen (secondary N) is 1. The number of aromatic nitrogens is 3. The van der Waals surface area contributed by atoms with Crippen molar-refractivity contribution in [2.45, 2.75) is 27.2 Å². The summed E-state index contributed by atoms with van der Waals surface area (Å²) in [6.07, 6.45) is 1.07. The Morgan fingerprint density at radius 3 is 2.11 bits per heavy atom. The molecule has 0 radical (unpaired) electrons. The molecule has 0 aliphatic rings. The Bertz CT molecular complexity index is 364. The van der Waals surface area contributed by atoms with Crippen LogP contribution in [0.25, 0.3) is 0 Å². The van der Waals surface area contributed by atoms with Crippen molar-refractivity contribution in [3.05, 3.63) is 0 Å².